The van der Waals surface area contributed by atoms with Crippen LogP contribution in [-0.4, -0.2) is 37.3 Å². The number of aryl methyl sites for hydroxylation is 1. The number of nitrogens with one attached hydrogen (secondary N) is 1. The number of nitrogens with zero attached hydrogens (tertiary/aromatic N) is 1. The van der Waals surface area contributed by atoms with Gasteiger partial charge in [-0.05, 0) is 38.5 Å². The molecular formula is C15H25N3O3S. The molecule has 1 aromatic rings. The predicted octanol–water partition coefficient (Wildman–Crippen LogP) is 1.70. The van der Waals surface area contributed by atoms with Gasteiger partial charge in [-0.25, -0.2) is 8.42 Å². The highest BCUT2D eigenvalue weighted by Gasteiger charge is 2.25. The second-order valence-corrected chi connectivity index (χ2v) is 7.65. The lowest BCUT2D eigenvalue weighted by atomic mass is 10.1. The van der Waals surface area contributed by atoms with E-state index in [0.717, 1.165) is 0 Å². The molecule has 0 aliphatic carbocycles. The number of benzene rings is 1. The number of nitrogens with two attached hydrogens (primary N) is 1. The van der Waals surface area contributed by atoms with Crippen molar-refractivity contribution in [3.05, 3.63) is 23.8 Å². The van der Waals surface area contributed by atoms with Crippen molar-refractivity contribution in [1.29, 1.82) is 0 Å². The first-order valence-electron chi connectivity index (χ1n) is 7.25. The van der Waals surface area contributed by atoms with Gasteiger partial charge in [-0.15, -0.1) is 0 Å². The first-order valence-corrected chi connectivity index (χ1v) is 8.69. The molecule has 0 aliphatic heterocycles. The molecule has 0 atom stereocenters. The van der Waals surface area contributed by atoms with Crippen molar-refractivity contribution in [3.8, 4) is 0 Å². The Labute approximate surface area is 132 Å². The second kappa shape index (κ2) is 6.76. The van der Waals surface area contributed by atoms with E-state index in [1.54, 1.807) is 46.8 Å². The number of carbonyl (C=O) groups is 1. The van der Waals surface area contributed by atoms with Gasteiger partial charge in [0.05, 0.1) is 10.4 Å². The Morgan fingerprint density at radius 3 is 2.27 bits per heavy atom. The van der Waals surface area contributed by atoms with Gasteiger partial charge in [-0.1, -0.05) is 19.9 Å². The molecule has 0 heterocycles. The van der Waals surface area contributed by atoms with E-state index in [1.165, 1.54) is 10.4 Å². The average molecular weight is 327 g/mol. The minimum atomic E-state index is -3.57. The van der Waals surface area contributed by atoms with E-state index in [9.17, 15) is 13.2 Å². The van der Waals surface area contributed by atoms with Crippen molar-refractivity contribution in [2.45, 2.75) is 45.1 Å². The topological polar surface area (TPSA) is 92.5 Å². The highest BCUT2D eigenvalue weighted by Crippen LogP contribution is 2.24. The summed E-state index contributed by atoms with van der Waals surface area (Å²) >= 11 is 0. The van der Waals surface area contributed by atoms with Gasteiger partial charge in [-0.2, -0.15) is 4.31 Å². The lowest BCUT2D eigenvalue weighted by molar-refractivity contribution is -0.120. The minimum absolute atomic E-state index is 0.198. The summed E-state index contributed by atoms with van der Waals surface area (Å²) < 4.78 is 26.7. The molecule has 6 nitrogen and oxygen atoms in total. The maximum atomic E-state index is 12.6. The molecule has 0 fully saturated rings. The summed E-state index contributed by atoms with van der Waals surface area (Å²) in [5, 5.41) is 2.65. The van der Waals surface area contributed by atoms with Crippen molar-refractivity contribution < 1.29 is 13.2 Å². The summed E-state index contributed by atoms with van der Waals surface area (Å²) in [5.41, 5.74) is 5.75. The van der Waals surface area contributed by atoms with Crippen LogP contribution in [0.5, 0.6) is 0 Å². The van der Waals surface area contributed by atoms with Crippen molar-refractivity contribution >= 4 is 21.6 Å². The van der Waals surface area contributed by atoms with Crippen LogP contribution in [0.2, 0.25) is 0 Å². The van der Waals surface area contributed by atoms with Gasteiger partial charge in [0.15, 0.2) is 0 Å². The number of sulfonamides is 1. The van der Waals surface area contributed by atoms with Crippen LogP contribution in [0.1, 0.15) is 33.3 Å². The third kappa shape index (κ3) is 4.06. The number of carbonyl (C=O) groups excluding carboxylic acids is 1. The van der Waals surface area contributed by atoms with E-state index in [1.807, 2.05) is 0 Å². The fourth-order valence-corrected chi connectivity index (χ4v) is 3.66. The molecule has 1 rings (SSSR count). The Kier molecular flexibility index (Phi) is 5.72. The van der Waals surface area contributed by atoms with Crippen LogP contribution in [0, 0.1) is 6.92 Å². The molecule has 1 amide bonds. The van der Waals surface area contributed by atoms with E-state index in [-0.39, 0.29) is 10.8 Å². The predicted molar refractivity (Wildman–Crippen MR) is 88.2 cm³/mol. The van der Waals surface area contributed by atoms with E-state index < -0.39 is 15.6 Å². The van der Waals surface area contributed by atoms with Gasteiger partial charge >= 0.3 is 0 Å². The third-order valence-electron chi connectivity index (χ3n) is 3.35. The lowest BCUT2D eigenvalue weighted by Crippen LogP contribution is -2.45. The molecule has 0 spiro atoms. The van der Waals surface area contributed by atoms with Crippen LogP contribution in [0.3, 0.4) is 0 Å². The van der Waals surface area contributed by atoms with Gasteiger partial charge in [0.1, 0.15) is 0 Å². The zero-order valence-corrected chi connectivity index (χ0v) is 14.6. The van der Waals surface area contributed by atoms with Crippen LogP contribution < -0.4 is 11.1 Å². The molecule has 0 saturated carbocycles. The zero-order chi connectivity index (χ0) is 17.1. The molecule has 1 aromatic carbocycles. The molecule has 7 heteroatoms. The standard InChI is InChI=1S/C15H25N3O3S/c1-6-18(7-2)22(20,21)13-10-12(9-8-11(13)3)17-14(19)15(4,5)16/h8-10H,6-7,16H2,1-5H3,(H,17,19). The van der Waals surface area contributed by atoms with Crippen molar-refractivity contribution in [1.82, 2.24) is 4.31 Å². The molecule has 124 valence electrons. The normalized spacial score (nSPS) is 12.5. The number of rotatable bonds is 6. The summed E-state index contributed by atoms with van der Waals surface area (Å²) in [7, 11) is -3.57. The van der Waals surface area contributed by atoms with Gasteiger partial charge in [0.25, 0.3) is 0 Å². The quantitative estimate of drug-likeness (QED) is 0.832. The largest absolute Gasteiger partial charge is 0.324 e. The van der Waals surface area contributed by atoms with Crippen molar-refractivity contribution in [2.75, 3.05) is 18.4 Å². The first kappa shape index (κ1) is 18.6. The molecular weight excluding hydrogens is 302 g/mol. The third-order valence-corrected chi connectivity index (χ3v) is 5.55. The van der Waals surface area contributed by atoms with Gasteiger partial charge in [-0.3, -0.25) is 4.79 Å². The molecule has 0 saturated heterocycles. The fourth-order valence-electron chi connectivity index (χ4n) is 1.95. The van der Waals surface area contributed by atoms with Gasteiger partial charge in [0, 0.05) is 18.8 Å². The summed E-state index contributed by atoms with van der Waals surface area (Å²) in [6, 6.07) is 4.82. The van der Waals surface area contributed by atoms with Crippen molar-refractivity contribution in [3.63, 3.8) is 0 Å². The van der Waals surface area contributed by atoms with Crippen LogP contribution >= 0.6 is 0 Å². The van der Waals surface area contributed by atoms with E-state index >= 15 is 0 Å². The highest BCUT2D eigenvalue weighted by molar-refractivity contribution is 7.89. The SMILES string of the molecule is CCN(CC)S(=O)(=O)c1cc(NC(=O)C(C)(C)N)ccc1C. The maximum Gasteiger partial charge on any atom is 0.243 e. The average Bonchev–Trinajstić information content (AvgIpc) is 2.40. The Balaban J connectivity index is 3.24. The van der Waals surface area contributed by atoms with E-state index in [4.69, 9.17) is 5.73 Å². The first-order chi connectivity index (χ1) is 10.0. The molecule has 3 N–H and O–H groups in total. The Morgan fingerprint density at radius 1 is 1.27 bits per heavy atom. The molecule has 0 bridgehead atoms. The Morgan fingerprint density at radius 2 is 1.82 bits per heavy atom. The summed E-state index contributed by atoms with van der Waals surface area (Å²) in [4.78, 5) is 12.1. The zero-order valence-electron chi connectivity index (χ0n) is 13.8. The van der Waals surface area contributed by atoms with E-state index in [2.05, 4.69) is 5.32 Å². The molecule has 0 radical (unpaired) electrons. The minimum Gasteiger partial charge on any atom is -0.324 e. The highest BCUT2D eigenvalue weighted by atomic mass is 32.2. The van der Waals surface area contributed by atoms with Crippen LogP contribution in [0.25, 0.3) is 0 Å². The lowest BCUT2D eigenvalue weighted by Gasteiger charge is -2.21. The monoisotopic (exact) mass is 327 g/mol. The summed E-state index contributed by atoms with van der Waals surface area (Å²) in [6.07, 6.45) is 0. The Hall–Kier alpha value is -1.44. The van der Waals surface area contributed by atoms with Crippen LogP contribution in [-0.2, 0) is 14.8 Å². The van der Waals surface area contributed by atoms with Gasteiger partial charge in [0.2, 0.25) is 15.9 Å². The van der Waals surface area contributed by atoms with E-state index in [0.29, 0.717) is 24.3 Å². The number of amides is 1. The van der Waals surface area contributed by atoms with Crippen LogP contribution in [0.4, 0.5) is 5.69 Å². The molecule has 0 aliphatic rings. The van der Waals surface area contributed by atoms with Crippen molar-refractivity contribution in [2.24, 2.45) is 5.73 Å². The number of hydrogen-bond acceptors (Lipinski definition) is 4. The molecule has 22 heavy (non-hydrogen) atoms. The maximum absolute atomic E-state index is 12.6. The summed E-state index contributed by atoms with van der Waals surface area (Å²) in [6.45, 7) is 9.27. The summed E-state index contributed by atoms with van der Waals surface area (Å²) in [5.74, 6) is -0.373. The van der Waals surface area contributed by atoms with Crippen LogP contribution in [0.15, 0.2) is 23.1 Å². The molecule has 0 aromatic heterocycles. The molecule has 0 unspecified atom stereocenters. The Bertz CT molecular complexity index is 644. The van der Waals surface area contributed by atoms with Gasteiger partial charge < -0.3 is 11.1 Å². The smallest absolute Gasteiger partial charge is 0.243 e. The second-order valence-electron chi connectivity index (χ2n) is 5.75. The fraction of sp³-hybridized carbons (Fsp3) is 0.533. The number of anilines is 1. The number of hydrogen-bond donors (Lipinski definition) is 2.